The molecule has 0 aromatic rings. The highest BCUT2D eigenvalue weighted by Gasteiger charge is 2.59. The zero-order valence-electron chi connectivity index (χ0n) is 10.5. The molecule has 0 aromatic heterocycles. The van der Waals surface area contributed by atoms with E-state index in [0.717, 1.165) is 31.1 Å². The molecule has 4 atom stereocenters. The molecular formula is C14H24ClNO. The van der Waals surface area contributed by atoms with Crippen LogP contribution in [-0.2, 0) is 0 Å². The summed E-state index contributed by atoms with van der Waals surface area (Å²) in [6.07, 6.45) is 10.3. The molecule has 17 heavy (non-hydrogen) atoms. The summed E-state index contributed by atoms with van der Waals surface area (Å²) in [5, 5.41) is 10.7. The average Bonchev–Trinajstić information content (AvgIpc) is 2.65. The van der Waals surface area contributed by atoms with Gasteiger partial charge < -0.3 is 5.11 Å². The third kappa shape index (κ3) is 1.75. The minimum absolute atomic E-state index is 0. The molecule has 0 radical (unpaired) electrons. The summed E-state index contributed by atoms with van der Waals surface area (Å²) in [5.74, 6) is 1.68. The standard InChI is InChI=1S/C14H23NO.ClH/c16-14-8-11-5-12(9-14)7-13(6-11,10-14)15-3-1-2-4-15;/h11-12,16H,1-10H2;1H/t11-,12+,13?,14?;. The van der Waals surface area contributed by atoms with Gasteiger partial charge >= 0.3 is 0 Å². The molecule has 1 aliphatic heterocycles. The lowest BCUT2D eigenvalue weighted by molar-refractivity contribution is -0.171. The molecule has 2 nitrogen and oxygen atoms in total. The summed E-state index contributed by atoms with van der Waals surface area (Å²) in [5.41, 5.74) is 0.155. The van der Waals surface area contributed by atoms with Gasteiger partial charge in [-0.3, -0.25) is 4.90 Å². The third-order valence-corrected chi connectivity index (χ3v) is 5.78. The first kappa shape index (κ1) is 12.3. The van der Waals surface area contributed by atoms with Crippen LogP contribution in [0.25, 0.3) is 0 Å². The predicted octanol–water partition coefficient (Wildman–Crippen LogP) is 2.59. The molecule has 1 heterocycles. The van der Waals surface area contributed by atoms with Crippen molar-refractivity contribution in [3.63, 3.8) is 0 Å². The van der Waals surface area contributed by atoms with Crippen LogP contribution in [0.3, 0.4) is 0 Å². The maximum absolute atomic E-state index is 10.7. The fraction of sp³-hybridized carbons (Fsp3) is 1.00. The van der Waals surface area contributed by atoms with Crippen molar-refractivity contribution in [3.05, 3.63) is 0 Å². The Hall–Kier alpha value is 0.210. The van der Waals surface area contributed by atoms with Crippen LogP contribution in [0.2, 0.25) is 0 Å². The van der Waals surface area contributed by atoms with Gasteiger partial charge in [0.15, 0.2) is 0 Å². The van der Waals surface area contributed by atoms with Gasteiger partial charge in [-0.2, -0.15) is 0 Å². The fourth-order valence-corrected chi connectivity index (χ4v) is 5.73. The SMILES string of the molecule is Cl.OC12C[C@H]3C[C@@H](C1)CC(N1CCCC1)(C3)C2. The second-order valence-electron chi connectivity index (χ2n) is 7.10. The van der Waals surface area contributed by atoms with Gasteiger partial charge in [0.1, 0.15) is 0 Å². The number of nitrogens with zero attached hydrogens (tertiary/aromatic N) is 1. The summed E-state index contributed by atoms with van der Waals surface area (Å²) < 4.78 is 0. The van der Waals surface area contributed by atoms with Gasteiger partial charge in [0.25, 0.3) is 0 Å². The number of likely N-dealkylation sites (tertiary alicyclic amines) is 1. The lowest BCUT2D eigenvalue weighted by atomic mass is 9.50. The van der Waals surface area contributed by atoms with E-state index in [9.17, 15) is 5.11 Å². The van der Waals surface area contributed by atoms with E-state index in [-0.39, 0.29) is 18.0 Å². The van der Waals surface area contributed by atoms with Gasteiger partial charge in [-0.1, -0.05) is 0 Å². The van der Waals surface area contributed by atoms with E-state index in [4.69, 9.17) is 0 Å². The first-order valence-corrected chi connectivity index (χ1v) is 7.15. The number of rotatable bonds is 1. The first-order valence-electron chi connectivity index (χ1n) is 7.15. The number of hydrogen-bond donors (Lipinski definition) is 1. The summed E-state index contributed by atoms with van der Waals surface area (Å²) >= 11 is 0. The fourth-order valence-electron chi connectivity index (χ4n) is 5.73. The van der Waals surface area contributed by atoms with Crippen LogP contribution in [0.15, 0.2) is 0 Å². The smallest absolute Gasteiger partial charge is 0.0670 e. The van der Waals surface area contributed by atoms with Gasteiger partial charge in [0.2, 0.25) is 0 Å². The summed E-state index contributed by atoms with van der Waals surface area (Å²) in [4.78, 5) is 2.75. The van der Waals surface area contributed by atoms with E-state index >= 15 is 0 Å². The Balaban J connectivity index is 0.000000902. The highest BCUT2D eigenvalue weighted by atomic mass is 35.5. The molecule has 0 spiro atoms. The molecule has 0 amide bonds. The van der Waals surface area contributed by atoms with Gasteiger partial charge in [-0.15, -0.1) is 12.4 Å². The highest BCUT2D eigenvalue weighted by molar-refractivity contribution is 5.85. The van der Waals surface area contributed by atoms with Crippen molar-refractivity contribution < 1.29 is 5.11 Å². The second-order valence-corrected chi connectivity index (χ2v) is 7.10. The second kappa shape index (κ2) is 3.85. The van der Waals surface area contributed by atoms with Crippen LogP contribution in [0.5, 0.6) is 0 Å². The molecule has 3 heteroatoms. The van der Waals surface area contributed by atoms with Crippen molar-refractivity contribution in [2.45, 2.75) is 62.5 Å². The van der Waals surface area contributed by atoms with E-state index < -0.39 is 0 Å². The van der Waals surface area contributed by atoms with Gasteiger partial charge in [0, 0.05) is 5.54 Å². The molecule has 98 valence electrons. The number of aliphatic hydroxyl groups is 1. The quantitative estimate of drug-likeness (QED) is 0.781. The van der Waals surface area contributed by atoms with Crippen LogP contribution < -0.4 is 0 Å². The summed E-state index contributed by atoms with van der Waals surface area (Å²) in [6.45, 7) is 2.60. The van der Waals surface area contributed by atoms with Crippen molar-refractivity contribution in [2.75, 3.05) is 13.1 Å². The molecule has 0 aromatic carbocycles. The van der Waals surface area contributed by atoms with E-state index in [0.29, 0.717) is 5.54 Å². The Kier molecular flexibility index (Phi) is 2.78. The highest BCUT2D eigenvalue weighted by Crippen LogP contribution is 2.59. The maximum Gasteiger partial charge on any atom is 0.0670 e. The minimum atomic E-state index is -0.271. The summed E-state index contributed by atoms with van der Waals surface area (Å²) in [7, 11) is 0. The molecule has 5 fully saturated rings. The Morgan fingerprint density at radius 3 is 2.06 bits per heavy atom. The molecule has 2 unspecified atom stereocenters. The lowest BCUT2D eigenvalue weighted by Crippen LogP contribution is -2.64. The first-order chi connectivity index (χ1) is 7.68. The van der Waals surface area contributed by atoms with Crippen molar-refractivity contribution in [2.24, 2.45) is 11.8 Å². The lowest BCUT2D eigenvalue weighted by Gasteiger charge is -2.63. The van der Waals surface area contributed by atoms with Gasteiger partial charge in [-0.05, 0) is 76.3 Å². The Morgan fingerprint density at radius 1 is 0.941 bits per heavy atom. The van der Waals surface area contributed by atoms with Crippen LogP contribution >= 0.6 is 12.4 Å². The number of halogens is 1. The van der Waals surface area contributed by atoms with Crippen molar-refractivity contribution in [1.29, 1.82) is 0 Å². The maximum atomic E-state index is 10.7. The average molecular weight is 258 g/mol. The third-order valence-electron chi connectivity index (χ3n) is 5.78. The van der Waals surface area contributed by atoms with Crippen LogP contribution in [0.4, 0.5) is 0 Å². The molecule has 1 N–H and O–H groups in total. The molecule has 5 aliphatic rings. The van der Waals surface area contributed by atoms with Gasteiger partial charge in [0.05, 0.1) is 5.60 Å². The summed E-state index contributed by atoms with van der Waals surface area (Å²) in [6, 6.07) is 0. The van der Waals surface area contributed by atoms with E-state index in [1.807, 2.05) is 0 Å². The van der Waals surface area contributed by atoms with Crippen LogP contribution in [0.1, 0.15) is 51.4 Å². The Morgan fingerprint density at radius 2 is 1.53 bits per heavy atom. The number of hydrogen-bond acceptors (Lipinski definition) is 2. The predicted molar refractivity (Wildman–Crippen MR) is 70.4 cm³/mol. The normalized spacial score (nSPS) is 52.8. The van der Waals surface area contributed by atoms with Gasteiger partial charge in [-0.25, -0.2) is 0 Å². The molecule has 5 rings (SSSR count). The largest absolute Gasteiger partial charge is 0.390 e. The Labute approximate surface area is 110 Å². The molecule has 4 saturated carbocycles. The van der Waals surface area contributed by atoms with E-state index in [1.54, 1.807) is 0 Å². The topological polar surface area (TPSA) is 23.5 Å². The molecule has 1 saturated heterocycles. The monoisotopic (exact) mass is 257 g/mol. The molecule has 4 bridgehead atoms. The minimum Gasteiger partial charge on any atom is -0.390 e. The van der Waals surface area contributed by atoms with E-state index in [1.165, 1.54) is 45.2 Å². The molecule has 4 aliphatic carbocycles. The van der Waals surface area contributed by atoms with Crippen molar-refractivity contribution in [1.82, 2.24) is 4.90 Å². The molecular weight excluding hydrogens is 234 g/mol. The zero-order chi connectivity index (χ0) is 10.8. The van der Waals surface area contributed by atoms with E-state index in [2.05, 4.69) is 4.90 Å². The van der Waals surface area contributed by atoms with Crippen molar-refractivity contribution >= 4 is 12.4 Å². The van der Waals surface area contributed by atoms with Crippen LogP contribution in [0, 0.1) is 11.8 Å². The van der Waals surface area contributed by atoms with Crippen LogP contribution in [-0.4, -0.2) is 34.2 Å². The zero-order valence-corrected chi connectivity index (χ0v) is 11.3. The van der Waals surface area contributed by atoms with Crippen molar-refractivity contribution in [3.8, 4) is 0 Å². The Bertz CT molecular complexity index is 299.